The highest BCUT2D eigenvalue weighted by Crippen LogP contribution is 2.48. The fraction of sp³-hybridized carbons (Fsp3) is 0.0500. The number of imidazole rings is 1. The van der Waals surface area contributed by atoms with Crippen molar-refractivity contribution in [1.82, 2.24) is 19.9 Å². The number of aromatic nitrogens is 4. The number of aromatic hydroxyl groups is 1. The van der Waals surface area contributed by atoms with Crippen LogP contribution in [0.25, 0.3) is 33.9 Å². The lowest BCUT2D eigenvalue weighted by molar-refractivity contribution is 0.374. The second-order valence-electron chi connectivity index (χ2n) is 6.35. The predicted octanol–water partition coefficient (Wildman–Crippen LogP) is 5.28. The number of ether oxygens (including phenoxy) is 1. The summed E-state index contributed by atoms with van der Waals surface area (Å²) in [7, 11) is 1.43. The van der Waals surface area contributed by atoms with Gasteiger partial charge in [0.1, 0.15) is 17.3 Å². The van der Waals surface area contributed by atoms with Gasteiger partial charge in [-0.1, -0.05) is 23.2 Å². The Balaban J connectivity index is 1.80. The molecule has 144 valence electrons. The third-order valence-electron chi connectivity index (χ3n) is 4.72. The van der Waals surface area contributed by atoms with Crippen LogP contribution in [-0.2, 0) is 0 Å². The van der Waals surface area contributed by atoms with Crippen LogP contribution in [0, 0.1) is 0 Å². The number of benzene rings is 1. The van der Waals surface area contributed by atoms with Crippen LogP contribution in [0.3, 0.4) is 0 Å². The van der Waals surface area contributed by atoms with E-state index in [1.807, 2.05) is 18.2 Å². The first-order valence-electron chi connectivity index (χ1n) is 8.60. The van der Waals surface area contributed by atoms with Crippen molar-refractivity contribution in [1.29, 1.82) is 0 Å². The van der Waals surface area contributed by atoms with Crippen molar-refractivity contribution in [3.05, 3.63) is 52.9 Å². The van der Waals surface area contributed by atoms with Crippen molar-refractivity contribution in [3.8, 4) is 45.4 Å². The number of fused-ring (bicyclic) bond motifs is 5. The van der Waals surface area contributed by atoms with Gasteiger partial charge in [0.25, 0.3) is 0 Å². The summed E-state index contributed by atoms with van der Waals surface area (Å²) in [6.07, 6.45) is 5.13. The average molecular weight is 426 g/mol. The molecule has 4 aromatic rings. The van der Waals surface area contributed by atoms with Crippen molar-refractivity contribution >= 4 is 34.7 Å². The molecule has 1 aromatic carbocycles. The lowest BCUT2D eigenvalue weighted by Gasteiger charge is -2.11. The van der Waals surface area contributed by atoms with E-state index < -0.39 is 0 Å². The zero-order chi connectivity index (χ0) is 20.1. The molecule has 0 aliphatic carbocycles. The van der Waals surface area contributed by atoms with Gasteiger partial charge in [-0.15, -0.1) is 0 Å². The van der Waals surface area contributed by atoms with E-state index in [4.69, 9.17) is 32.9 Å². The first-order chi connectivity index (χ1) is 14.1. The zero-order valence-electron chi connectivity index (χ0n) is 15.0. The molecule has 1 aliphatic rings. The van der Waals surface area contributed by atoms with Gasteiger partial charge in [0.15, 0.2) is 11.5 Å². The van der Waals surface area contributed by atoms with E-state index in [1.54, 1.807) is 18.6 Å². The molecule has 0 saturated heterocycles. The first-order valence-corrected chi connectivity index (χ1v) is 9.36. The molecule has 0 fully saturated rings. The van der Waals surface area contributed by atoms with Crippen LogP contribution >= 0.6 is 23.2 Å². The van der Waals surface area contributed by atoms with Crippen molar-refractivity contribution in [2.24, 2.45) is 0 Å². The number of halogens is 2. The summed E-state index contributed by atoms with van der Waals surface area (Å²) in [6.45, 7) is 0. The molecule has 0 unspecified atom stereocenters. The molecule has 5 rings (SSSR count). The molecule has 1 aliphatic heterocycles. The number of anilines is 2. The number of nitrogens with one attached hydrogen (secondary N) is 2. The minimum Gasteiger partial charge on any atom is -0.503 e. The summed E-state index contributed by atoms with van der Waals surface area (Å²) in [5.41, 5.74) is 4.30. The van der Waals surface area contributed by atoms with Gasteiger partial charge >= 0.3 is 0 Å². The molecular weight excluding hydrogens is 413 g/mol. The van der Waals surface area contributed by atoms with E-state index in [1.165, 1.54) is 13.2 Å². The Bertz CT molecular complexity index is 1210. The van der Waals surface area contributed by atoms with Crippen LogP contribution < -0.4 is 10.1 Å². The number of hydrogen-bond donors (Lipinski definition) is 3. The Morgan fingerprint density at radius 3 is 2.83 bits per heavy atom. The van der Waals surface area contributed by atoms with Crippen molar-refractivity contribution < 1.29 is 9.84 Å². The SMILES string of the molecule is COc1cc(Cl)c(-c2nc3c([nH]2)-c2ccncc2Nc2ncccc2-3)c(Cl)c1O. The zero-order valence-corrected chi connectivity index (χ0v) is 16.5. The molecule has 3 N–H and O–H groups in total. The second-order valence-corrected chi connectivity index (χ2v) is 7.14. The Hall–Kier alpha value is -3.29. The molecule has 7 nitrogen and oxygen atoms in total. The van der Waals surface area contributed by atoms with Gasteiger partial charge in [-0.2, -0.15) is 0 Å². The average Bonchev–Trinajstić information content (AvgIpc) is 3.11. The fourth-order valence-electron chi connectivity index (χ4n) is 3.38. The van der Waals surface area contributed by atoms with E-state index in [9.17, 15) is 5.11 Å². The molecule has 0 atom stereocenters. The normalized spacial score (nSPS) is 11.7. The molecule has 29 heavy (non-hydrogen) atoms. The van der Waals surface area contributed by atoms with Gasteiger partial charge in [-0.25, -0.2) is 9.97 Å². The van der Waals surface area contributed by atoms with Crippen LogP contribution in [0.2, 0.25) is 10.0 Å². The van der Waals surface area contributed by atoms with Gasteiger partial charge in [0.2, 0.25) is 0 Å². The fourth-order valence-corrected chi connectivity index (χ4v) is 3.99. The molecular formula is C20H13Cl2N5O2. The van der Waals surface area contributed by atoms with Crippen LogP contribution in [0.15, 0.2) is 42.9 Å². The summed E-state index contributed by atoms with van der Waals surface area (Å²) in [4.78, 5) is 16.7. The largest absolute Gasteiger partial charge is 0.503 e. The van der Waals surface area contributed by atoms with Gasteiger partial charge in [0.05, 0.1) is 40.3 Å². The number of phenolic OH excluding ortho intramolecular Hbond substituents is 1. The lowest BCUT2D eigenvalue weighted by Crippen LogP contribution is -1.96. The van der Waals surface area contributed by atoms with E-state index >= 15 is 0 Å². The number of hydrogen-bond acceptors (Lipinski definition) is 6. The monoisotopic (exact) mass is 425 g/mol. The number of H-pyrrole nitrogens is 1. The molecule has 0 bridgehead atoms. The highest BCUT2D eigenvalue weighted by atomic mass is 35.5. The standard InChI is InChI=1S/C20H13Cl2N5O2/c1-29-13-7-11(21)14(15(22)18(13)28)20-26-16-9-4-6-23-8-12(9)25-19-10(17(16)27-20)3-2-5-24-19/h2-8,28H,1H3,(H,24,25)(H,26,27). The van der Waals surface area contributed by atoms with Crippen LogP contribution in [0.5, 0.6) is 11.5 Å². The summed E-state index contributed by atoms with van der Waals surface area (Å²) in [5, 5.41) is 14.0. The molecule has 0 spiro atoms. The molecule has 0 amide bonds. The summed E-state index contributed by atoms with van der Waals surface area (Å²) >= 11 is 12.9. The third kappa shape index (κ3) is 2.70. The lowest BCUT2D eigenvalue weighted by atomic mass is 10.1. The minimum absolute atomic E-state index is 0.0535. The van der Waals surface area contributed by atoms with Gasteiger partial charge in [-0.3, -0.25) is 4.98 Å². The Morgan fingerprint density at radius 2 is 2.00 bits per heavy atom. The Morgan fingerprint density at radius 1 is 1.14 bits per heavy atom. The highest BCUT2D eigenvalue weighted by molar-refractivity contribution is 6.40. The summed E-state index contributed by atoms with van der Waals surface area (Å²) < 4.78 is 5.12. The number of aromatic amines is 1. The number of rotatable bonds is 2. The summed E-state index contributed by atoms with van der Waals surface area (Å²) in [6, 6.07) is 7.14. The highest BCUT2D eigenvalue weighted by Gasteiger charge is 2.26. The van der Waals surface area contributed by atoms with Crippen molar-refractivity contribution in [2.75, 3.05) is 12.4 Å². The number of methoxy groups -OCH3 is 1. The van der Waals surface area contributed by atoms with Gasteiger partial charge < -0.3 is 20.1 Å². The number of nitrogens with zero attached hydrogens (tertiary/aromatic N) is 3. The summed E-state index contributed by atoms with van der Waals surface area (Å²) in [5.74, 6) is 1.07. The topological polar surface area (TPSA) is 96.0 Å². The quantitative estimate of drug-likeness (QED) is 0.356. The van der Waals surface area contributed by atoms with Crippen LogP contribution in [0.4, 0.5) is 11.5 Å². The third-order valence-corrected chi connectivity index (χ3v) is 5.39. The Labute approximate surface area is 175 Å². The maximum Gasteiger partial charge on any atom is 0.177 e. The molecule has 4 heterocycles. The predicted molar refractivity (Wildman–Crippen MR) is 112 cm³/mol. The van der Waals surface area contributed by atoms with Crippen LogP contribution in [0.1, 0.15) is 0 Å². The molecule has 0 radical (unpaired) electrons. The maximum absolute atomic E-state index is 10.3. The maximum atomic E-state index is 10.3. The first kappa shape index (κ1) is 17.8. The van der Waals surface area contributed by atoms with Crippen molar-refractivity contribution in [2.45, 2.75) is 0 Å². The van der Waals surface area contributed by atoms with Gasteiger partial charge in [0, 0.05) is 29.6 Å². The molecule has 3 aromatic heterocycles. The second kappa shape index (κ2) is 6.65. The van der Waals surface area contributed by atoms with E-state index in [2.05, 4.69) is 20.3 Å². The van der Waals surface area contributed by atoms with Crippen LogP contribution in [-0.4, -0.2) is 32.2 Å². The number of phenols is 1. The smallest absolute Gasteiger partial charge is 0.177 e. The molecule has 9 heteroatoms. The Kier molecular flexibility index (Phi) is 4.08. The van der Waals surface area contributed by atoms with E-state index in [0.717, 1.165) is 22.5 Å². The van der Waals surface area contributed by atoms with E-state index in [-0.39, 0.29) is 16.5 Å². The van der Waals surface area contributed by atoms with Crippen molar-refractivity contribution in [3.63, 3.8) is 0 Å². The van der Waals surface area contributed by atoms with E-state index in [0.29, 0.717) is 27.9 Å². The minimum atomic E-state index is -0.200. The van der Waals surface area contributed by atoms with Gasteiger partial charge in [-0.05, 0) is 18.2 Å². The number of pyridine rings is 2. The molecule has 0 saturated carbocycles.